The Balaban J connectivity index is 0.00000341. The van der Waals surface area contributed by atoms with E-state index in [0.29, 0.717) is 18.1 Å². The van der Waals surface area contributed by atoms with Gasteiger partial charge in [0.2, 0.25) is 0 Å². The zero-order valence-corrected chi connectivity index (χ0v) is 21.7. The van der Waals surface area contributed by atoms with Gasteiger partial charge in [-0.3, -0.25) is 4.99 Å². The van der Waals surface area contributed by atoms with Crippen molar-refractivity contribution in [3.63, 3.8) is 0 Å². The summed E-state index contributed by atoms with van der Waals surface area (Å²) in [6.45, 7) is 2.39. The second-order valence-electron chi connectivity index (χ2n) is 8.70. The minimum absolute atomic E-state index is 0. The molecule has 2 N–H and O–H groups in total. The molecule has 0 heterocycles. The summed E-state index contributed by atoms with van der Waals surface area (Å²) in [6.07, 6.45) is 11.3. The molecule has 0 aromatic heterocycles. The van der Waals surface area contributed by atoms with Gasteiger partial charge in [0, 0.05) is 39.4 Å². The average Bonchev–Trinajstić information content (AvgIpc) is 3.46. The molecule has 2 aliphatic carbocycles. The van der Waals surface area contributed by atoms with Crippen LogP contribution in [-0.4, -0.2) is 46.5 Å². The van der Waals surface area contributed by atoms with Gasteiger partial charge in [-0.2, -0.15) is 0 Å². The van der Waals surface area contributed by atoms with Crippen molar-refractivity contribution in [2.75, 3.05) is 34.4 Å². The molecule has 0 radical (unpaired) electrons. The molecule has 1 aromatic carbocycles. The van der Waals surface area contributed by atoms with Crippen molar-refractivity contribution < 1.29 is 14.2 Å². The lowest BCUT2D eigenvalue weighted by atomic mass is 9.83. The molecule has 2 aliphatic rings. The number of rotatable bonds is 10. The summed E-state index contributed by atoms with van der Waals surface area (Å²) < 4.78 is 17.3. The molecule has 0 atom stereocenters. The van der Waals surface area contributed by atoms with E-state index < -0.39 is 0 Å². The van der Waals surface area contributed by atoms with E-state index in [9.17, 15) is 0 Å². The molecule has 0 saturated heterocycles. The normalized spacial score (nSPS) is 18.5. The van der Waals surface area contributed by atoms with Crippen LogP contribution in [0.2, 0.25) is 0 Å². The Hall–Kier alpha value is -1.22. The predicted octanol–water partition coefficient (Wildman–Crippen LogP) is 4.90. The van der Waals surface area contributed by atoms with Gasteiger partial charge in [-0.15, -0.1) is 24.0 Å². The summed E-state index contributed by atoms with van der Waals surface area (Å²) in [5.74, 6) is 2.49. The number of nitrogens with one attached hydrogen (secondary N) is 2. The number of halogens is 1. The van der Waals surface area contributed by atoms with Gasteiger partial charge < -0.3 is 24.8 Å². The first-order chi connectivity index (χ1) is 14.7. The van der Waals surface area contributed by atoms with Crippen LogP contribution in [0, 0.1) is 5.41 Å². The number of para-hydroxylation sites is 1. The Morgan fingerprint density at radius 3 is 2.48 bits per heavy atom. The molecule has 0 bridgehead atoms. The minimum Gasteiger partial charge on any atom is -0.493 e. The van der Waals surface area contributed by atoms with Gasteiger partial charge in [-0.1, -0.05) is 25.0 Å². The fourth-order valence-corrected chi connectivity index (χ4v) is 4.80. The molecule has 0 unspecified atom stereocenters. The van der Waals surface area contributed by atoms with Crippen LogP contribution in [0.15, 0.2) is 23.2 Å². The van der Waals surface area contributed by atoms with Crippen molar-refractivity contribution in [3.8, 4) is 11.5 Å². The van der Waals surface area contributed by atoms with Crippen molar-refractivity contribution in [3.05, 3.63) is 23.8 Å². The third-order valence-corrected chi connectivity index (χ3v) is 6.67. The highest BCUT2D eigenvalue weighted by Crippen LogP contribution is 2.40. The number of hydrogen-bond acceptors (Lipinski definition) is 4. The van der Waals surface area contributed by atoms with E-state index in [-0.39, 0.29) is 24.0 Å². The molecule has 7 heteroatoms. The Kier molecular flexibility index (Phi) is 11.2. The lowest BCUT2D eigenvalue weighted by molar-refractivity contribution is 0.138. The molecule has 1 aromatic rings. The van der Waals surface area contributed by atoms with Crippen LogP contribution < -0.4 is 20.1 Å². The van der Waals surface area contributed by atoms with Gasteiger partial charge in [-0.25, -0.2) is 0 Å². The standard InChI is InChI=1S/C24H39N3O3.HI/c1-25-23(27-18-24(15-16-28-2)13-6-7-14-24)26-17-19-9-8-12-21(29-3)22(19)30-20-10-4-5-11-20;/h8-9,12,20H,4-7,10-11,13-18H2,1-3H3,(H2,25,26,27);1H. The topological polar surface area (TPSA) is 64.1 Å². The average molecular weight is 546 g/mol. The molecule has 0 aliphatic heterocycles. The lowest BCUT2D eigenvalue weighted by Crippen LogP contribution is -2.43. The first-order valence-corrected chi connectivity index (χ1v) is 11.5. The second-order valence-corrected chi connectivity index (χ2v) is 8.70. The molecule has 3 rings (SSSR count). The number of ether oxygens (including phenoxy) is 3. The highest BCUT2D eigenvalue weighted by atomic mass is 127. The van der Waals surface area contributed by atoms with Crippen LogP contribution in [0.3, 0.4) is 0 Å². The molecule has 2 fully saturated rings. The van der Waals surface area contributed by atoms with Crippen LogP contribution in [0.1, 0.15) is 63.4 Å². The smallest absolute Gasteiger partial charge is 0.191 e. The molecule has 2 saturated carbocycles. The van der Waals surface area contributed by atoms with E-state index >= 15 is 0 Å². The highest BCUT2D eigenvalue weighted by molar-refractivity contribution is 14.0. The number of nitrogens with zero attached hydrogens (tertiary/aromatic N) is 1. The van der Waals surface area contributed by atoms with E-state index in [4.69, 9.17) is 14.2 Å². The molecular formula is C24H40IN3O3. The fraction of sp³-hybridized carbons (Fsp3) is 0.708. The molecule has 176 valence electrons. The van der Waals surface area contributed by atoms with Gasteiger partial charge in [0.25, 0.3) is 0 Å². The fourth-order valence-electron chi connectivity index (χ4n) is 4.80. The van der Waals surface area contributed by atoms with Crippen molar-refractivity contribution in [2.24, 2.45) is 10.4 Å². The SMILES string of the molecule is CN=C(NCc1cccc(OC)c1OC1CCCC1)NCC1(CCOC)CCCC1.I. The zero-order valence-electron chi connectivity index (χ0n) is 19.4. The number of hydrogen-bond donors (Lipinski definition) is 2. The lowest BCUT2D eigenvalue weighted by Gasteiger charge is -2.30. The summed E-state index contributed by atoms with van der Waals surface area (Å²) in [6, 6.07) is 6.09. The van der Waals surface area contributed by atoms with E-state index in [1.807, 2.05) is 19.2 Å². The van der Waals surface area contributed by atoms with Crippen molar-refractivity contribution >= 4 is 29.9 Å². The Labute approximate surface area is 204 Å². The third kappa shape index (κ3) is 7.41. The summed E-state index contributed by atoms with van der Waals surface area (Å²) in [7, 11) is 5.32. The number of methoxy groups -OCH3 is 2. The summed E-state index contributed by atoms with van der Waals surface area (Å²) in [5, 5.41) is 7.04. The van der Waals surface area contributed by atoms with E-state index in [2.05, 4.69) is 21.7 Å². The number of aliphatic imine (C=N–C) groups is 1. The quantitative estimate of drug-likeness (QED) is 0.249. The monoisotopic (exact) mass is 545 g/mol. The minimum atomic E-state index is 0. The molecule has 0 amide bonds. The first-order valence-electron chi connectivity index (χ1n) is 11.5. The van der Waals surface area contributed by atoms with Crippen LogP contribution in [-0.2, 0) is 11.3 Å². The van der Waals surface area contributed by atoms with Gasteiger partial charge in [0.15, 0.2) is 17.5 Å². The van der Waals surface area contributed by atoms with E-state index in [1.54, 1.807) is 14.2 Å². The van der Waals surface area contributed by atoms with Gasteiger partial charge >= 0.3 is 0 Å². The maximum absolute atomic E-state index is 6.36. The van der Waals surface area contributed by atoms with Crippen LogP contribution >= 0.6 is 24.0 Å². The Morgan fingerprint density at radius 1 is 1.10 bits per heavy atom. The first kappa shape index (κ1) is 26.0. The highest BCUT2D eigenvalue weighted by Gasteiger charge is 2.33. The van der Waals surface area contributed by atoms with E-state index in [1.165, 1.54) is 38.5 Å². The van der Waals surface area contributed by atoms with E-state index in [0.717, 1.165) is 55.4 Å². The summed E-state index contributed by atoms with van der Waals surface area (Å²) >= 11 is 0. The van der Waals surface area contributed by atoms with Crippen LogP contribution in [0.5, 0.6) is 11.5 Å². The predicted molar refractivity (Wildman–Crippen MR) is 137 cm³/mol. The summed E-state index contributed by atoms with van der Waals surface area (Å²) in [5.41, 5.74) is 1.42. The second kappa shape index (κ2) is 13.4. The summed E-state index contributed by atoms with van der Waals surface area (Å²) in [4.78, 5) is 4.44. The maximum atomic E-state index is 6.36. The molecular weight excluding hydrogens is 505 g/mol. The number of guanidine groups is 1. The van der Waals surface area contributed by atoms with Crippen molar-refractivity contribution in [1.82, 2.24) is 10.6 Å². The van der Waals surface area contributed by atoms with Crippen LogP contribution in [0.25, 0.3) is 0 Å². The van der Waals surface area contributed by atoms with Gasteiger partial charge in [0.1, 0.15) is 0 Å². The maximum Gasteiger partial charge on any atom is 0.191 e. The van der Waals surface area contributed by atoms with Crippen molar-refractivity contribution in [2.45, 2.75) is 70.4 Å². The third-order valence-electron chi connectivity index (χ3n) is 6.67. The molecule has 31 heavy (non-hydrogen) atoms. The zero-order chi connectivity index (χ0) is 21.2. The van der Waals surface area contributed by atoms with Gasteiger partial charge in [-0.05, 0) is 56.4 Å². The number of benzene rings is 1. The Bertz CT molecular complexity index is 687. The Morgan fingerprint density at radius 2 is 1.84 bits per heavy atom. The molecule has 0 spiro atoms. The van der Waals surface area contributed by atoms with Crippen molar-refractivity contribution in [1.29, 1.82) is 0 Å². The van der Waals surface area contributed by atoms with Gasteiger partial charge in [0.05, 0.1) is 13.2 Å². The van der Waals surface area contributed by atoms with Crippen LogP contribution in [0.4, 0.5) is 0 Å². The largest absolute Gasteiger partial charge is 0.493 e. The molecule has 6 nitrogen and oxygen atoms in total.